The van der Waals surface area contributed by atoms with Crippen LogP contribution in [0.1, 0.15) is 44.4 Å². The summed E-state index contributed by atoms with van der Waals surface area (Å²) < 4.78 is 11.6. The summed E-state index contributed by atoms with van der Waals surface area (Å²) >= 11 is 0. The van der Waals surface area contributed by atoms with Gasteiger partial charge < -0.3 is 9.15 Å². The highest BCUT2D eigenvalue weighted by molar-refractivity contribution is 5.21. The zero-order valence-corrected chi connectivity index (χ0v) is 13.2. The van der Waals surface area contributed by atoms with Gasteiger partial charge >= 0.3 is 0 Å². The quantitative estimate of drug-likeness (QED) is 0.820. The van der Waals surface area contributed by atoms with E-state index in [0.717, 1.165) is 18.7 Å². The minimum Gasteiger partial charge on any atom is -0.492 e. The van der Waals surface area contributed by atoms with Crippen molar-refractivity contribution in [2.75, 3.05) is 13.2 Å². The predicted octanol–water partition coefficient (Wildman–Crippen LogP) is 3.24. The fourth-order valence-corrected chi connectivity index (χ4v) is 2.74. The molecule has 0 N–H and O–H groups in total. The van der Waals surface area contributed by atoms with Gasteiger partial charge in [-0.25, -0.2) is 0 Å². The molecule has 0 spiro atoms. The minimum absolute atomic E-state index is 0.275. The summed E-state index contributed by atoms with van der Waals surface area (Å²) in [6.45, 7) is 6.59. The van der Waals surface area contributed by atoms with E-state index >= 15 is 0 Å². The molecule has 0 aliphatic carbocycles. The molecular formula is C17H23N3O2. The fraction of sp³-hybridized carbons (Fsp3) is 0.529. The van der Waals surface area contributed by atoms with Gasteiger partial charge in [0.25, 0.3) is 0 Å². The van der Waals surface area contributed by atoms with Gasteiger partial charge in [-0.05, 0) is 31.5 Å². The molecule has 0 bridgehead atoms. The first kappa shape index (κ1) is 15.0. The Morgan fingerprint density at radius 2 is 2.09 bits per heavy atom. The van der Waals surface area contributed by atoms with Crippen LogP contribution in [0.15, 0.2) is 34.7 Å². The van der Waals surface area contributed by atoms with E-state index in [1.54, 1.807) is 0 Å². The summed E-state index contributed by atoms with van der Waals surface area (Å²) in [6.07, 6.45) is 2.34. The van der Waals surface area contributed by atoms with Crippen molar-refractivity contribution >= 4 is 0 Å². The van der Waals surface area contributed by atoms with Gasteiger partial charge in [-0.1, -0.05) is 32.0 Å². The lowest BCUT2D eigenvalue weighted by molar-refractivity contribution is 0.155. The number of benzene rings is 1. The molecule has 1 aliphatic rings. The summed E-state index contributed by atoms with van der Waals surface area (Å²) in [5.74, 6) is 2.62. The number of para-hydroxylation sites is 1. The van der Waals surface area contributed by atoms with Gasteiger partial charge in [-0.15, -0.1) is 10.2 Å². The Hall–Kier alpha value is -1.88. The highest BCUT2D eigenvalue weighted by Gasteiger charge is 2.27. The highest BCUT2D eigenvalue weighted by Crippen LogP contribution is 2.22. The largest absolute Gasteiger partial charge is 0.492 e. The third-order valence-electron chi connectivity index (χ3n) is 4.00. The lowest BCUT2D eigenvalue weighted by Gasteiger charge is -2.22. The number of hydrogen-bond acceptors (Lipinski definition) is 5. The minimum atomic E-state index is 0.275. The average Bonchev–Trinajstić information content (AvgIpc) is 3.16. The maximum Gasteiger partial charge on any atom is 0.230 e. The smallest absolute Gasteiger partial charge is 0.230 e. The van der Waals surface area contributed by atoms with Gasteiger partial charge in [-0.2, -0.15) is 0 Å². The van der Waals surface area contributed by atoms with Crippen molar-refractivity contribution in [3.05, 3.63) is 42.1 Å². The van der Waals surface area contributed by atoms with Gasteiger partial charge in [0.1, 0.15) is 12.4 Å². The van der Waals surface area contributed by atoms with Gasteiger partial charge in [0.2, 0.25) is 11.8 Å². The van der Waals surface area contributed by atoms with E-state index in [4.69, 9.17) is 9.15 Å². The van der Waals surface area contributed by atoms with E-state index in [1.165, 1.54) is 6.42 Å². The first-order valence-electron chi connectivity index (χ1n) is 7.96. The van der Waals surface area contributed by atoms with Crippen molar-refractivity contribution in [3.63, 3.8) is 0 Å². The van der Waals surface area contributed by atoms with E-state index < -0.39 is 0 Å². The van der Waals surface area contributed by atoms with Crippen molar-refractivity contribution in [2.45, 2.75) is 45.2 Å². The standard InChI is InChI=1S/C17H23N3O2/c1-13(2)17-19-18-16(22-17)11-20-10-6-7-14(20)12-21-15-8-4-3-5-9-15/h3-5,8-9,13-14H,6-7,10-12H2,1-2H3/t14-/m1/s1. The van der Waals surface area contributed by atoms with Crippen LogP contribution in [0.2, 0.25) is 0 Å². The molecule has 1 aromatic heterocycles. The number of likely N-dealkylation sites (tertiary alicyclic amines) is 1. The third-order valence-corrected chi connectivity index (χ3v) is 4.00. The summed E-state index contributed by atoms with van der Waals surface area (Å²) in [5, 5.41) is 8.26. The zero-order chi connectivity index (χ0) is 15.4. The van der Waals surface area contributed by atoms with E-state index in [-0.39, 0.29) is 5.92 Å². The molecule has 1 atom stereocenters. The van der Waals surface area contributed by atoms with Gasteiger partial charge in [0.05, 0.1) is 6.54 Å². The van der Waals surface area contributed by atoms with Crippen molar-refractivity contribution < 1.29 is 9.15 Å². The Morgan fingerprint density at radius 3 is 2.82 bits per heavy atom. The van der Waals surface area contributed by atoms with Crippen molar-refractivity contribution in [1.29, 1.82) is 0 Å². The normalized spacial score (nSPS) is 19.0. The van der Waals surface area contributed by atoms with Crippen LogP contribution < -0.4 is 4.74 Å². The molecule has 2 aromatic rings. The third kappa shape index (κ3) is 3.65. The Morgan fingerprint density at radius 1 is 1.27 bits per heavy atom. The van der Waals surface area contributed by atoms with Crippen LogP contribution in [-0.2, 0) is 6.54 Å². The maximum absolute atomic E-state index is 5.89. The molecule has 118 valence electrons. The van der Waals surface area contributed by atoms with E-state index in [9.17, 15) is 0 Å². The zero-order valence-electron chi connectivity index (χ0n) is 13.2. The maximum atomic E-state index is 5.89. The summed E-state index contributed by atoms with van der Waals surface area (Å²) in [7, 11) is 0. The van der Waals surface area contributed by atoms with Crippen LogP contribution in [0.25, 0.3) is 0 Å². The topological polar surface area (TPSA) is 51.4 Å². The lowest BCUT2D eigenvalue weighted by Crippen LogP contribution is -2.33. The number of nitrogens with zero attached hydrogens (tertiary/aromatic N) is 3. The Balaban J connectivity index is 1.56. The molecular weight excluding hydrogens is 278 g/mol. The Labute approximate surface area is 131 Å². The molecule has 1 aliphatic heterocycles. The average molecular weight is 301 g/mol. The van der Waals surface area contributed by atoms with E-state index in [0.29, 0.717) is 31.0 Å². The molecule has 0 unspecified atom stereocenters. The van der Waals surface area contributed by atoms with Crippen LogP contribution in [-0.4, -0.2) is 34.3 Å². The van der Waals surface area contributed by atoms with Gasteiger partial charge in [-0.3, -0.25) is 4.90 Å². The number of hydrogen-bond donors (Lipinski definition) is 0. The Bertz CT molecular complexity index is 583. The monoisotopic (exact) mass is 301 g/mol. The molecule has 0 amide bonds. The summed E-state index contributed by atoms with van der Waals surface area (Å²) in [6, 6.07) is 10.4. The Kier molecular flexibility index (Phi) is 4.73. The molecule has 3 rings (SSSR count). The first-order chi connectivity index (χ1) is 10.7. The van der Waals surface area contributed by atoms with E-state index in [2.05, 4.69) is 28.9 Å². The van der Waals surface area contributed by atoms with Crippen LogP contribution in [0, 0.1) is 0 Å². The molecule has 2 heterocycles. The second kappa shape index (κ2) is 6.92. The second-order valence-electron chi connectivity index (χ2n) is 6.08. The molecule has 22 heavy (non-hydrogen) atoms. The second-order valence-corrected chi connectivity index (χ2v) is 6.08. The van der Waals surface area contributed by atoms with Crippen molar-refractivity contribution in [2.24, 2.45) is 0 Å². The number of aromatic nitrogens is 2. The fourth-order valence-electron chi connectivity index (χ4n) is 2.74. The molecule has 5 nitrogen and oxygen atoms in total. The molecule has 0 radical (unpaired) electrons. The molecule has 0 saturated carbocycles. The molecule has 1 saturated heterocycles. The van der Waals surface area contributed by atoms with Gasteiger partial charge in [0.15, 0.2) is 0 Å². The van der Waals surface area contributed by atoms with Crippen LogP contribution >= 0.6 is 0 Å². The predicted molar refractivity (Wildman–Crippen MR) is 83.8 cm³/mol. The van der Waals surface area contributed by atoms with Crippen LogP contribution in [0.3, 0.4) is 0 Å². The van der Waals surface area contributed by atoms with Crippen molar-refractivity contribution in [1.82, 2.24) is 15.1 Å². The molecule has 1 fully saturated rings. The van der Waals surface area contributed by atoms with Gasteiger partial charge in [0, 0.05) is 12.0 Å². The molecule has 1 aromatic carbocycles. The lowest BCUT2D eigenvalue weighted by atomic mass is 10.2. The van der Waals surface area contributed by atoms with Crippen LogP contribution in [0.4, 0.5) is 0 Å². The van der Waals surface area contributed by atoms with E-state index in [1.807, 2.05) is 30.3 Å². The highest BCUT2D eigenvalue weighted by atomic mass is 16.5. The first-order valence-corrected chi connectivity index (χ1v) is 7.96. The van der Waals surface area contributed by atoms with Crippen molar-refractivity contribution in [3.8, 4) is 5.75 Å². The summed E-state index contributed by atoms with van der Waals surface area (Å²) in [5.41, 5.74) is 0. The summed E-state index contributed by atoms with van der Waals surface area (Å²) in [4.78, 5) is 2.38. The SMILES string of the molecule is CC(C)c1nnc(CN2CCC[C@@H]2COc2ccccc2)o1. The van der Waals surface area contributed by atoms with Crippen LogP contribution in [0.5, 0.6) is 5.75 Å². The number of ether oxygens (including phenoxy) is 1. The molecule has 5 heteroatoms. The number of rotatable bonds is 6.